The molecule has 0 saturated heterocycles. The number of aryl methyl sites for hydroxylation is 1. The molecule has 0 aliphatic carbocycles. The number of carbonyl (C=O) groups is 1. The van der Waals surface area contributed by atoms with E-state index in [1.165, 1.54) is 11.8 Å². The summed E-state index contributed by atoms with van der Waals surface area (Å²) in [7, 11) is 0. The highest BCUT2D eigenvalue weighted by atomic mass is 32.2. The van der Waals surface area contributed by atoms with E-state index in [0.717, 1.165) is 22.4 Å². The van der Waals surface area contributed by atoms with E-state index in [-0.39, 0.29) is 12.2 Å². The Morgan fingerprint density at radius 2 is 1.80 bits per heavy atom. The van der Waals surface area contributed by atoms with Gasteiger partial charge in [-0.3, -0.25) is 4.79 Å². The summed E-state index contributed by atoms with van der Waals surface area (Å²) < 4.78 is 13.9. The van der Waals surface area contributed by atoms with Crippen LogP contribution in [0.5, 0.6) is 0 Å². The lowest BCUT2D eigenvalue weighted by atomic mass is 10.2. The van der Waals surface area contributed by atoms with Crippen molar-refractivity contribution < 1.29 is 14.3 Å². The molecule has 0 heterocycles. The number of carboxylic acid groups (broad SMARTS) is 1. The second kappa shape index (κ2) is 6.57. The van der Waals surface area contributed by atoms with Crippen LogP contribution in [0.4, 0.5) is 4.39 Å². The van der Waals surface area contributed by atoms with Crippen molar-refractivity contribution >= 4 is 17.7 Å². The molecule has 4 heteroatoms. The zero-order valence-corrected chi connectivity index (χ0v) is 11.9. The van der Waals surface area contributed by atoms with Crippen LogP contribution in [-0.4, -0.2) is 11.1 Å². The van der Waals surface area contributed by atoms with Crippen LogP contribution >= 0.6 is 11.8 Å². The molecule has 0 fully saturated rings. The van der Waals surface area contributed by atoms with E-state index in [2.05, 4.69) is 0 Å². The van der Waals surface area contributed by atoms with Gasteiger partial charge in [0.2, 0.25) is 0 Å². The molecule has 104 valence electrons. The van der Waals surface area contributed by atoms with E-state index < -0.39 is 5.97 Å². The van der Waals surface area contributed by atoms with Gasteiger partial charge in [0.1, 0.15) is 5.82 Å². The second-order valence-corrected chi connectivity index (χ2v) is 5.55. The van der Waals surface area contributed by atoms with E-state index >= 15 is 0 Å². The summed E-state index contributed by atoms with van der Waals surface area (Å²) in [5, 5.41) is 8.70. The summed E-state index contributed by atoms with van der Waals surface area (Å²) in [5.74, 6) is -1.07. The predicted molar refractivity (Wildman–Crippen MR) is 77.7 cm³/mol. The summed E-state index contributed by atoms with van der Waals surface area (Å²) >= 11 is 1.34. The maximum Gasteiger partial charge on any atom is 0.307 e. The Morgan fingerprint density at radius 3 is 2.35 bits per heavy atom. The molecule has 0 aromatic heterocycles. The van der Waals surface area contributed by atoms with Crippen molar-refractivity contribution in [1.29, 1.82) is 0 Å². The van der Waals surface area contributed by atoms with Gasteiger partial charge in [-0.15, -0.1) is 0 Å². The van der Waals surface area contributed by atoms with Gasteiger partial charge < -0.3 is 5.11 Å². The third kappa shape index (κ3) is 3.84. The number of hydrogen-bond acceptors (Lipinski definition) is 2. The Hall–Kier alpha value is -1.81. The van der Waals surface area contributed by atoms with Gasteiger partial charge in [-0.25, -0.2) is 4.39 Å². The normalized spacial score (nSPS) is 10.5. The van der Waals surface area contributed by atoms with Crippen molar-refractivity contribution in [3.8, 4) is 0 Å². The Balaban J connectivity index is 2.12. The third-order valence-electron chi connectivity index (χ3n) is 2.91. The minimum absolute atomic E-state index is 0.00447. The van der Waals surface area contributed by atoms with Crippen molar-refractivity contribution in [2.45, 2.75) is 29.6 Å². The minimum Gasteiger partial charge on any atom is -0.481 e. The van der Waals surface area contributed by atoms with Gasteiger partial charge in [0.05, 0.1) is 6.42 Å². The predicted octanol–water partition coefficient (Wildman–Crippen LogP) is 4.17. The van der Waals surface area contributed by atoms with Crippen molar-refractivity contribution in [3.63, 3.8) is 0 Å². The molecule has 2 nitrogen and oxygen atoms in total. The molecule has 0 aliphatic rings. The Kier molecular flexibility index (Phi) is 4.79. The molecular formula is C16H15FO2S. The average molecular weight is 290 g/mol. The number of hydrogen-bond donors (Lipinski definition) is 1. The van der Waals surface area contributed by atoms with Crippen molar-refractivity contribution in [2.24, 2.45) is 0 Å². The quantitative estimate of drug-likeness (QED) is 0.898. The van der Waals surface area contributed by atoms with Crippen molar-refractivity contribution in [1.82, 2.24) is 0 Å². The highest BCUT2D eigenvalue weighted by Crippen LogP contribution is 2.30. The van der Waals surface area contributed by atoms with Crippen LogP contribution in [0.25, 0.3) is 0 Å². The number of rotatable bonds is 5. The van der Waals surface area contributed by atoms with E-state index in [1.807, 2.05) is 25.1 Å². The van der Waals surface area contributed by atoms with Gasteiger partial charge in [0, 0.05) is 9.79 Å². The Morgan fingerprint density at radius 1 is 1.15 bits per heavy atom. The molecule has 20 heavy (non-hydrogen) atoms. The number of aliphatic carboxylic acids is 1. The van der Waals surface area contributed by atoms with Gasteiger partial charge in [-0.2, -0.15) is 0 Å². The standard InChI is InChI=1S/C16H15FO2S/c1-2-11-5-8-15(14(17)9-11)20-13-6-3-12(4-7-13)10-16(18)19/h3-9H,2,10H2,1H3,(H,18,19). The van der Waals surface area contributed by atoms with Crippen LogP contribution < -0.4 is 0 Å². The van der Waals surface area contributed by atoms with Gasteiger partial charge in [0.15, 0.2) is 0 Å². The summed E-state index contributed by atoms with van der Waals surface area (Å²) in [6.45, 7) is 1.99. The molecule has 0 spiro atoms. The monoisotopic (exact) mass is 290 g/mol. The smallest absolute Gasteiger partial charge is 0.307 e. The molecule has 2 rings (SSSR count). The number of halogens is 1. The summed E-state index contributed by atoms with van der Waals surface area (Å²) in [5.41, 5.74) is 1.72. The van der Waals surface area contributed by atoms with Crippen molar-refractivity contribution in [3.05, 3.63) is 59.4 Å². The molecule has 0 atom stereocenters. The van der Waals surface area contributed by atoms with Gasteiger partial charge in [-0.05, 0) is 41.8 Å². The molecule has 0 aliphatic heterocycles. The first-order valence-electron chi connectivity index (χ1n) is 6.35. The zero-order chi connectivity index (χ0) is 14.5. The largest absolute Gasteiger partial charge is 0.481 e. The SMILES string of the molecule is CCc1ccc(Sc2ccc(CC(=O)O)cc2)c(F)c1. The fourth-order valence-corrected chi connectivity index (χ4v) is 2.64. The second-order valence-electron chi connectivity index (χ2n) is 4.43. The van der Waals surface area contributed by atoms with E-state index in [4.69, 9.17) is 5.11 Å². The maximum atomic E-state index is 13.9. The summed E-state index contributed by atoms with van der Waals surface area (Å²) in [6.07, 6.45) is 0.816. The molecular weight excluding hydrogens is 275 g/mol. The lowest BCUT2D eigenvalue weighted by molar-refractivity contribution is -0.136. The third-order valence-corrected chi connectivity index (χ3v) is 3.97. The highest BCUT2D eigenvalue weighted by Gasteiger charge is 2.06. The fraction of sp³-hybridized carbons (Fsp3) is 0.188. The minimum atomic E-state index is -0.855. The van der Waals surface area contributed by atoms with Crippen LogP contribution in [0.3, 0.4) is 0 Å². The topological polar surface area (TPSA) is 37.3 Å². The van der Waals surface area contributed by atoms with E-state index in [1.54, 1.807) is 24.3 Å². The van der Waals surface area contributed by atoms with Crippen LogP contribution in [0, 0.1) is 5.82 Å². The van der Waals surface area contributed by atoms with Gasteiger partial charge >= 0.3 is 5.97 Å². The lowest BCUT2D eigenvalue weighted by Gasteiger charge is -2.06. The maximum absolute atomic E-state index is 13.9. The molecule has 2 aromatic carbocycles. The van der Waals surface area contributed by atoms with E-state index in [0.29, 0.717) is 4.90 Å². The first-order valence-corrected chi connectivity index (χ1v) is 7.17. The molecule has 2 aromatic rings. The molecule has 0 bridgehead atoms. The molecule has 0 radical (unpaired) electrons. The van der Waals surface area contributed by atoms with Crippen LogP contribution in [0.1, 0.15) is 18.1 Å². The first kappa shape index (κ1) is 14.6. The van der Waals surface area contributed by atoms with Crippen molar-refractivity contribution in [2.75, 3.05) is 0 Å². The molecule has 0 unspecified atom stereocenters. The summed E-state index contributed by atoms with van der Waals surface area (Å²) in [4.78, 5) is 12.1. The van der Waals surface area contributed by atoms with Crippen LogP contribution in [0.15, 0.2) is 52.3 Å². The summed E-state index contributed by atoms with van der Waals surface area (Å²) in [6, 6.07) is 12.4. The van der Waals surface area contributed by atoms with E-state index in [9.17, 15) is 9.18 Å². The van der Waals surface area contributed by atoms with Gasteiger partial charge in [-0.1, -0.05) is 36.9 Å². The highest BCUT2D eigenvalue weighted by molar-refractivity contribution is 7.99. The average Bonchev–Trinajstić information content (AvgIpc) is 2.42. The lowest BCUT2D eigenvalue weighted by Crippen LogP contribution is -1.99. The van der Waals surface area contributed by atoms with Crippen LogP contribution in [0.2, 0.25) is 0 Å². The molecule has 0 amide bonds. The van der Waals surface area contributed by atoms with Gasteiger partial charge in [0.25, 0.3) is 0 Å². The Bertz CT molecular complexity index is 608. The Labute approximate surface area is 121 Å². The number of carboxylic acids is 1. The molecule has 1 N–H and O–H groups in total. The fourth-order valence-electron chi connectivity index (χ4n) is 1.82. The molecule has 0 saturated carbocycles. The van der Waals surface area contributed by atoms with Crippen LogP contribution in [-0.2, 0) is 17.6 Å². The first-order chi connectivity index (χ1) is 9.58. The number of benzene rings is 2. The zero-order valence-electron chi connectivity index (χ0n) is 11.1.